The van der Waals surface area contributed by atoms with Gasteiger partial charge in [-0.25, -0.2) is 4.79 Å². The molecular formula is C16H21NO3. The molecule has 0 radical (unpaired) electrons. The molecule has 0 heterocycles. The van der Waals surface area contributed by atoms with Crippen molar-refractivity contribution in [3.05, 3.63) is 35.4 Å². The quantitative estimate of drug-likeness (QED) is 0.915. The van der Waals surface area contributed by atoms with Gasteiger partial charge in [0.25, 0.3) is 0 Å². The summed E-state index contributed by atoms with van der Waals surface area (Å²) in [7, 11) is 0. The van der Waals surface area contributed by atoms with Crippen molar-refractivity contribution in [3.8, 4) is 0 Å². The van der Waals surface area contributed by atoms with Gasteiger partial charge in [-0.1, -0.05) is 38.1 Å². The zero-order valence-corrected chi connectivity index (χ0v) is 12.2. The van der Waals surface area contributed by atoms with Crippen LogP contribution in [-0.2, 0) is 22.4 Å². The standard InChI is InChI=1S/C16H21NO3/c1-11(2)10-17(12(3)18)16(15(19)20)8-13-6-4-5-7-14(13)9-16/h4-7,11H,8-10H2,1-3H3,(H,19,20). The lowest BCUT2D eigenvalue weighted by atomic mass is 9.92. The molecule has 0 saturated carbocycles. The highest BCUT2D eigenvalue weighted by atomic mass is 16.4. The SMILES string of the molecule is CC(=O)N(CC(C)C)C1(C(=O)O)Cc2ccccc2C1. The third-order valence-corrected chi connectivity index (χ3v) is 3.93. The fourth-order valence-electron chi connectivity index (χ4n) is 3.02. The van der Waals surface area contributed by atoms with Crippen molar-refractivity contribution in [3.63, 3.8) is 0 Å². The van der Waals surface area contributed by atoms with Crippen LogP contribution in [-0.4, -0.2) is 34.0 Å². The van der Waals surface area contributed by atoms with Crippen LogP contribution < -0.4 is 0 Å². The molecular weight excluding hydrogens is 254 g/mol. The molecule has 4 nitrogen and oxygen atoms in total. The number of aliphatic carboxylic acids is 1. The maximum Gasteiger partial charge on any atom is 0.330 e. The van der Waals surface area contributed by atoms with E-state index in [0.29, 0.717) is 19.4 Å². The average Bonchev–Trinajstić information content (AvgIpc) is 2.75. The minimum atomic E-state index is -1.13. The number of hydrogen-bond donors (Lipinski definition) is 1. The van der Waals surface area contributed by atoms with Crippen LogP contribution in [0.15, 0.2) is 24.3 Å². The zero-order valence-electron chi connectivity index (χ0n) is 12.2. The predicted molar refractivity (Wildman–Crippen MR) is 76.4 cm³/mol. The molecule has 0 aliphatic heterocycles. The summed E-state index contributed by atoms with van der Waals surface area (Å²) >= 11 is 0. The van der Waals surface area contributed by atoms with Gasteiger partial charge in [0, 0.05) is 26.3 Å². The van der Waals surface area contributed by atoms with Gasteiger partial charge in [0.1, 0.15) is 5.54 Å². The fourth-order valence-corrected chi connectivity index (χ4v) is 3.02. The molecule has 0 spiro atoms. The molecule has 0 fully saturated rings. The van der Waals surface area contributed by atoms with Crippen LogP contribution in [0.5, 0.6) is 0 Å². The normalized spacial score (nSPS) is 16.0. The molecule has 1 N–H and O–H groups in total. The molecule has 108 valence electrons. The lowest BCUT2D eigenvalue weighted by molar-refractivity contribution is -0.158. The van der Waals surface area contributed by atoms with Crippen LogP contribution >= 0.6 is 0 Å². The number of hydrogen-bond acceptors (Lipinski definition) is 2. The Balaban J connectivity index is 2.42. The largest absolute Gasteiger partial charge is 0.479 e. The van der Waals surface area contributed by atoms with Crippen molar-refractivity contribution in [1.29, 1.82) is 0 Å². The summed E-state index contributed by atoms with van der Waals surface area (Å²) in [5, 5.41) is 9.77. The highest BCUT2D eigenvalue weighted by molar-refractivity contribution is 5.88. The summed E-state index contributed by atoms with van der Waals surface area (Å²) in [5.41, 5.74) is 0.939. The summed E-state index contributed by atoms with van der Waals surface area (Å²) in [4.78, 5) is 25.5. The number of benzene rings is 1. The second kappa shape index (κ2) is 5.27. The molecule has 2 rings (SSSR count). The van der Waals surface area contributed by atoms with Gasteiger partial charge in [0.05, 0.1) is 0 Å². The Bertz CT molecular complexity index is 511. The van der Waals surface area contributed by atoms with Crippen LogP contribution in [0.2, 0.25) is 0 Å². The molecule has 0 atom stereocenters. The first kappa shape index (κ1) is 14.6. The highest BCUT2D eigenvalue weighted by Gasteiger charge is 2.49. The Hall–Kier alpha value is -1.84. The average molecular weight is 275 g/mol. The fraction of sp³-hybridized carbons (Fsp3) is 0.500. The highest BCUT2D eigenvalue weighted by Crippen LogP contribution is 2.35. The van der Waals surface area contributed by atoms with Crippen molar-refractivity contribution in [2.45, 2.75) is 39.2 Å². The summed E-state index contributed by atoms with van der Waals surface area (Å²) in [6.07, 6.45) is 0.787. The van der Waals surface area contributed by atoms with E-state index in [2.05, 4.69) is 0 Å². The first-order valence-corrected chi connectivity index (χ1v) is 6.95. The van der Waals surface area contributed by atoms with Crippen molar-refractivity contribution < 1.29 is 14.7 Å². The lowest BCUT2D eigenvalue weighted by Crippen LogP contribution is -2.58. The van der Waals surface area contributed by atoms with E-state index in [9.17, 15) is 14.7 Å². The third-order valence-electron chi connectivity index (χ3n) is 3.93. The summed E-state index contributed by atoms with van der Waals surface area (Å²) in [6, 6.07) is 7.73. The monoisotopic (exact) mass is 275 g/mol. The molecule has 0 unspecified atom stereocenters. The van der Waals surface area contributed by atoms with Crippen LogP contribution in [0.4, 0.5) is 0 Å². The van der Waals surface area contributed by atoms with E-state index in [-0.39, 0.29) is 11.8 Å². The number of nitrogens with zero attached hydrogens (tertiary/aromatic N) is 1. The van der Waals surface area contributed by atoms with Crippen molar-refractivity contribution in [1.82, 2.24) is 4.90 Å². The zero-order chi connectivity index (χ0) is 14.9. The van der Waals surface area contributed by atoms with Gasteiger partial charge in [0.2, 0.25) is 5.91 Å². The number of carbonyl (C=O) groups is 2. The van der Waals surface area contributed by atoms with E-state index in [1.165, 1.54) is 6.92 Å². The van der Waals surface area contributed by atoms with Gasteiger partial charge in [-0.2, -0.15) is 0 Å². The second-order valence-electron chi connectivity index (χ2n) is 5.98. The minimum Gasteiger partial charge on any atom is -0.479 e. The van der Waals surface area contributed by atoms with Gasteiger partial charge in [-0.05, 0) is 17.0 Å². The number of carboxylic acids is 1. The molecule has 1 aliphatic carbocycles. The van der Waals surface area contributed by atoms with Gasteiger partial charge >= 0.3 is 5.97 Å². The number of carboxylic acid groups (broad SMARTS) is 1. The Morgan fingerprint density at radius 3 is 2.10 bits per heavy atom. The van der Waals surface area contributed by atoms with Crippen LogP contribution in [0.25, 0.3) is 0 Å². The van der Waals surface area contributed by atoms with Gasteiger partial charge in [0.15, 0.2) is 0 Å². The van der Waals surface area contributed by atoms with E-state index in [0.717, 1.165) is 11.1 Å². The van der Waals surface area contributed by atoms with E-state index >= 15 is 0 Å². The molecule has 20 heavy (non-hydrogen) atoms. The molecule has 0 aromatic heterocycles. The number of carbonyl (C=O) groups excluding carboxylic acids is 1. The summed E-state index contributed by atoms with van der Waals surface area (Å²) < 4.78 is 0. The summed E-state index contributed by atoms with van der Waals surface area (Å²) in [6.45, 7) is 5.91. The lowest BCUT2D eigenvalue weighted by Gasteiger charge is -2.38. The number of rotatable bonds is 4. The van der Waals surface area contributed by atoms with E-state index in [1.54, 1.807) is 4.90 Å². The van der Waals surface area contributed by atoms with E-state index in [4.69, 9.17) is 0 Å². The first-order valence-electron chi connectivity index (χ1n) is 6.95. The van der Waals surface area contributed by atoms with Crippen molar-refractivity contribution >= 4 is 11.9 Å². The maximum atomic E-state index is 12.0. The maximum absolute atomic E-state index is 12.0. The van der Waals surface area contributed by atoms with Gasteiger partial charge < -0.3 is 10.0 Å². The van der Waals surface area contributed by atoms with Crippen molar-refractivity contribution in [2.24, 2.45) is 5.92 Å². The molecule has 1 aromatic rings. The Morgan fingerprint density at radius 1 is 1.25 bits per heavy atom. The van der Waals surface area contributed by atoms with Crippen LogP contribution in [0.3, 0.4) is 0 Å². The second-order valence-corrected chi connectivity index (χ2v) is 5.98. The molecule has 1 aromatic carbocycles. The van der Waals surface area contributed by atoms with Gasteiger partial charge in [-0.3, -0.25) is 4.79 Å². The summed E-state index contributed by atoms with van der Waals surface area (Å²) in [5.74, 6) is -0.850. The van der Waals surface area contributed by atoms with Crippen LogP contribution in [0, 0.1) is 5.92 Å². The molecule has 1 amide bonds. The van der Waals surface area contributed by atoms with Gasteiger partial charge in [-0.15, -0.1) is 0 Å². The van der Waals surface area contributed by atoms with E-state index < -0.39 is 11.5 Å². The molecule has 4 heteroatoms. The molecule has 0 bridgehead atoms. The number of fused-ring (bicyclic) bond motifs is 1. The molecule has 1 aliphatic rings. The number of amides is 1. The topological polar surface area (TPSA) is 57.6 Å². The Morgan fingerprint density at radius 2 is 1.75 bits per heavy atom. The third kappa shape index (κ3) is 2.42. The van der Waals surface area contributed by atoms with E-state index in [1.807, 2.05) is 38.1 Å². The van der Waals surface area contributed by atoms with Crippen LogP contribution in [0.1, 0.15) is 31.9 Å². The first-order chi connectivity index (χ1) is 9.36. The smallest absolute Gasteiger partial charge is 0.330 e. The minimum absolute atomic E-state index is 0.172. The Kier molecular flexibility index (Phi) is 3.84. The predicted octanol–water partition coefficient (Wildman–Crippen LogP) is 2.11. The Labute approximate surface area is 119 Å². The van der Waals surface area contributed by atoms with Crippen molar-refractivity contribution in [2.75, 3.05) is 6.54 Å². The molecule has 0 saturated heterocycles.